The summed E-state index contributed by atoms with van der Waals surface area (Å²) in [4.78, 5) is 16.5. The summed E-state index contributed by atoms with van der Waals surface area (Å²) < 4.78 is 0. The molecule has 0 atom stereocenters. The SMILES string of the molecule is CN(C)Cc1nc(N2CCN(c3cccc(Cl)c3)CC2)c2ccccc2n1. The fourth-order valence-electron chi connectivity index (χ4n) is 3.55. The zero-order valence-electron chi connectivity index (χ0n) is 15.8. The number of hydrogen-bond acceptors (Lipinski definition) is 5. The van der Waals surface area contributed by atoms with Gasteiger partial charge >= 0.3 is 0 Å². The number of halogens is 1. The van der Waals surface area contributed by atoms with Gasteiger partial charge in [-0.15, -0.1) is 0 Å². The number of anilines is 2. The molecule has 0 spiro atoms. The molecule has 0 unspecified atom stereocenters. The van der Waals surface area contributed by atoms with Crippen LogP contribution >= 0.6 is 11.6 Å². The Labute approximate surface area is 165 Å². The third-order valence-electron chi connectivity index (χ3n) is 4.84. The average molecular weight is 382 g/mol. The molecule has 0 aliphatic carbocycles. The van der Waals surface area contributed by atoms with Crippen molar-refractivity contribution in [3.63, 3.8) is 0 Å². The predicted octanol–water partition coefficient (Wildman–Crippen LogP) is 3.67. The van der Waals surface area contributed by atoms with Crippen molar-refractivity contribution >= 4 is 34.0 Å². The average Bonchev–Trinajstić information content (AvgIpc) is 2.67. The standard InChI is InChI=1S/C21H24ClN5/c1-25(2)15-20-23-19-9-4-3-8-18(19)21(24-20)27-12-10-26(11-13-27)17-7-5-6-16(22)14-17/h3-9,14H,10-13,15H2,1-2H3. The second-order valence-electron chi connectivity index (χ2n) is 7.17. The Hall–Kier alpha value is -2.37. The Balaban J connectivity index is 1.59. The van der Waals surface area contributed by atoms with Gasteiger partial charge in [-0.2, -0.15) is 0 Å². The maximum atomic E-state index is 6.15. The highest BCUT2D eigenvalue weighted by Gasteiger charge is 2.21. The number of piperazine rings is 1. The second-order valence-corrected chi connectivity index (χ2v) is 7.61. The van der Waals surface area contributed by atoms with E-state index in [-0.39, 0.29) is 0 Å². The molecule has 0 radical (unpaired) electrons. The Morgan fingerprint density at radius 3 is 2.41 bits per heavy atom. The summed E-state index contributed by atoms with van der Waals surface area (Å²) in [5.74, 6) is 1.91. The van der Waals surface area contributed by atoms with Gasteiger partial charge in [0.25, 0.3) is 0 Å². The Bertz CT molecular complexity index is 935. The van der Waals surface area contributed by atoms with Crippen LogP contribution < -0.4 is 9.80 Å². The van der Waals surface area contributed by atoms with Crippen LogP contribution in [0.5, 0.6) is 0 Å². The van der Waals surface area contributed by atoms with Crippen LogP contribution in [0.4, 0.5) is 11.5 Å². The molecule has 1 saturated heterocycles. The van der Waals surface area contributed by atoms with Crippen molar-refractivity contribution in [1.82, 2.24) is 14.9 Å². The third-order valence-corrected chi connectivity index (χ3v) is 5.07. The summed E-state index contributed by atoms with van der Waals surface area (Å²) >= 11 is 6.15. The number of fused-ring (bicyclic) bond motifs is 1. The van der Waals surface area contributed by atoms with Crippen LogP contribution in [0.25, 0.3) is 10.9 Å². The maximum Gasteiger partial charge on any atom is 0.145 e. The molecule has 0 N–H and O–H groups in total. The number of rotatable bonds is 4. The minimum atomic E-state index is 0.736. The summed E-state index contributed by atoms with van der Waals surface area (Å²) in [7, 11) is 4.09. The van der Waals surface area contributed by atoms with E-state index in [4.69, 9.17) is 21.6 Å². The first-order valence-electron chi connectivity index (χ1n) is 9.26. The minimum Gasteiger partial charge on any atom is -0.368 e. The first-order valence-corrected chi connectivity index (χ1v) is 9.64. The first-order chi connectivity index (χ1) is 13.1. The molecule has 5 nitrogen and oxygen atoms in total. The van der Waals surface area contributed by atoms with E-state index < -0.39 is 0 Å². The third kappa shape index (κ3) is 3.99. The molecule has 0 amide bonds. The lowest BCUT2D eigenvalue weighted by Crippen LogP contribution is -2.47. The minimum absolute atomic E-state index is 0.736. The molecule has 1 aliphatic heterocycles. The molecule has 140 valence electrons. The van der Waals surface area contributed by atoms with Crippen LogP contribution in [-0.2, 0) is 6.54 Å². The van der Waals surface area contributed by atoms with Gasteiger partial charge in [0.15, 0.2) is 0 Å². The molecule has 4 rings (SSSR count). The van der Waals surface area contributed by atoms with Crippen LogP contribution in [0.1, 0.15) is 5.82 Å². The molecule has 1 aliphatic rings. The highest BCUT2D eigenvalue weighted by Crippen LogP contribution is 2.27. The Morgan fingerprint density at radius 2 is 1.67 bits per heavy atom. The highest BCUT2D eigenvalue weighted by molar-refractivity contribution is 6.30. The lowest BCUT2D eigenvalue weighted by molar-refractivity contribution is 0.391. The lowest BCUT2D eigenvalue weighted by Gasteiger charge is -2.37. The van der Waals surface area contributed by atoms with Crippen LogP contribution in [0.3, 0.4) is 0 Å². The van der Waals surface area contributed by atoms with Gasteiger partial charge in [-0.05, 0) is 44.4 Å². The monoisotopic (exact) mass is 381 g/mol. The highest BCUT2D eigenvalue weighted by atomic mass is 35.5. The molecule has 0 bridgehead atoms. The van der Waals surface area contributed by atoms with Crippen molar-refractivity contribution in [2.45, 2.75) is 6.54 Å². The van der Waals surface area contributed by atoms with Gasteiger partial charge in [-0.3, -0.25) is 0 Å². The van der Waals surface area contributed by atoms with Crippen LogP contribution in [0.15, 0.2) is 48.5 Å². The van der Waals surface area contributed by atoms with E-state index in [1.54, 1.807) is 0 Å². The van der Waals surface area contributed by atoms with Crippen molar-refractivity contribution < 1.29 is 0 Å². The quantitative estimate of drug-likeness (QED) is 0.689. The van der Waals surface area contributed by atoms with Gasteiger partial charge < -0.3 is 14.7 Å². The second kappa shape index (κ2) is 7.71. The van der Waals surface area contributed by atoms with E-state index in [1.165, 1.54) is 5.69 Å². The number of hydrogen-bond donors (Lipinski definition) is 0. The number of para-hydroxylation sites is 1. The summed E-state index contributed by atoms with van der Waals surface area (Å²) in [5, 5.41) is 1.90. The van der Waals surface area contributed by atoms with Crippen molar-refractivity contribution in [2.24, 2.45) is 0 Å². The molecule has 27 heavy (non-hydrogen) atoms. The molecule has 2 aromatic carbocycles. The molecule has 1 aromatic heterocycles. The van der Waals surface area contributed by atoms with Gasteiger partial charge in [0.05, 0.1) is 12.1 Å². The van der Waals surface area contributed by atoms with E-state index in [2.05, 4.69) is 39.0 Å². The topological polar surface area (TPSA) is 35.5 Å². The number of nitrogens with zero attached hydrogens (tertiary/aromatic N) is 5. The number of aromatic nitrogens is 2. The Kier molecular flexibility index (Phi) is 5.14. The van der Waals surface area contributed by atoms with E-state index in [1.807, 2.05) is 38.4 Å². The zero-order valence-corrected chi connectivity index (χ0v) is 16.5. The van der Waals surface area contributed by atoms with Gasteiger partial charge in [-0.1, -0.05) is 29.8 Å². The first kappa shape index (κ1) is 18.0. The van der Waals surface area contributed by atoms with E-state index in [0.29, 0.717) is 0 Å². The summed E-state index contributed by atoms with van der Waals surface area (Å²) in [6.07, 6.45) is 0. The predicted molar refractivity (Wildman–Crippen MR) is 113 cm³/mol. The molecular formula is C21H24ClN5. The smallest absolute Gasteiger partial charge is 0.145 e. The van der Waals surface area contributed by atoms with Gasteiger partial charge in [0, 0.05) is 42.3 Å². The lowest BCUT2D eigenvalue weighted by atomic mass is 10.2. The maximum absolute atomic E-state index is 6.15. The number of benzene rings is 2. The molecular weight excluding hydrogens is 358 g/mol. The summed E-state index contributed by atoms with van der Waals surface area (Å²) in [6, 6.07) is 16.4. The molecule has 1 fully saturated rings. The molecule has 2 heterocycles. The molecule has 3 aromatic rings. The van der Waals surface area contributed by atoms with E-state index >= 15 is 0 Å². The largest absolute Gasteiger partial charge is 0.368 e. The van der Waals surface area contributed by atoms with Gasteiger partial charge in [-0.25, -0.2) is 9.97 Å². The van der Waals surface area contributed by atoms with Crippen LogP contribution in [0, 0.1) is 0 Å². The van der Waals surface area contributed by atoms with E-state index in [0.717, 1.165) is 60.3 Å². The van der Waals surface area contributed by atoms with Gasteiger partial charge in [0.2, 0.25) is 0 Å². The molecule has 0 saturated carbocycles. The van der Waals surface area contributed by atoms with Crippen molar-refractivity contribution in [2.75, 3.05) is 50.1 Å². The van der Waals surface area contributed by atoms with Gasteiger partial charge in [0.1, 0.15) is 11.6 Å². The summed E-state index contributed by atoms with van der Waals surface area (Å²) in [6.45, 7) is 4.48. The fraction of sp³-hybridized carbons (Fsp3) is 0.333. The van der Waals surface area contributed by atoms with Crippen molar-refractivity contribution in [3.8, 4) is 0 Å². The van der Waals surface area contributed by atoms with Crippen molar-refractivity contribution in [3.05, 3.63) is 59.4 Å². The Morgan fingerprint density at radius 1 is 0.926 bits per heavy atom. The van der Waals surface area contributed by atoms with Crippen LogP contribution in [-0.4, -0.2) is 55.1 Å². The van der Waals surface area contributed by atoms with E-state index in [9.17, 15) is 0 Å². The zero-order chi connectivity index (χ0) is 18.8. The summed E-state index contributed by atoms with van der Waals surface area (Å²) in [5.41, 5.74) is 2.19. The fourth-order valence-corrected chi connectivity index (χ4v) is 3.74. The van der Waals surface area contributed by atoms with Crippen LogP contribution in [0.2, 0.25) is 5.02 Å². The van der Waals surface area contributed by atoms with Crippen molar-refractivity contribution in [1.29, 1.82) is 0 Å². The molecule has 6 heteroatoms. The normalized spacial score (nSPS) is 15.0.